The van der Waals surface area contributed by atoms with Gasteiger partial charge in [0, 0.05) is 6.54 Å². The molecule has 3 aromatic carbocycles. The smallest absolute Gasteiger partial charge is 0.243 e. The first-order chi connectivity index (χ1) is 15.2. The van der Waals surface area contributed by atoms with E-state index in [1.807, 2.05) is 30.3 Å². The third-order valence-corrected chi connectivity index (χ3v) is 6.03. The van der Waals surface area contributed by atoms with Gasteiger partial charge in [-0.3, -0.25) is 9.10 Å². The van der Waals surface area contributed by atoms with E-state index in [1.165, 1.54) is 19.1 Å². The highest BCUT2D eigenvalue weighted by Gasteiger charge is 2.29. The highest BCUT2D eigenvalue weighted by atomic mass is 32.2. The fourth-order valence-corrected chi connectivity index (χ4v) is 4.40. The molecule has 1 amide bonds. The van der Waals surface area contributed by atoms with Crippen LogP contribution in [-0.4, -0.2) is 33.2 Å². The average Bonchev–Trinajstić information content (AvgIpc) is 2.76. The Morgan fingerprint density at radius 3 is 2.16 bits per heavy atom. The van der Waals surface area contributed by atoms with Gasteiger partial charge in [0.25, 0.3) is 0 Å². The first-order valence-electron chi connectivity index (χ1n) is 10.1. The number of carbonyl (C=O) groups excluding carboxylic acids is 1. The van der Waals surface area contributed by atoms with Crippen molar-refractivity contribution in [2.24, 2.45) is 0 Å². The van der Waals surface area contributed by atoms with Crippen molar-refractivity contribution < 1.29 is 22.3 Å². The first-order valence-corrected chi connectivity index (χ1v) is 11.9. The number of benzene rings is 3. The summed E-state index contributed by atoms with van der Waals surface area (Å²) in [7, 11) is -3.73. The number of rotatable bonds is 9. The standard InChI is InChI=1S/C24H25FN2O4S/c1-18(24(28)26-17-16-19-8-10-20(25)11-9-19)27(32(2,29)30)21-12-14-23(15-13-21)31-22-6-4-3-5-7-22/h3-15,18H,16-17H2,1-2H3,(H,26,28)/t18-/m0/s1. The molecule has 32 heavy (non-hydrogen) atoms. The second kappa shape index (κ2) is 10.3. The lowest BCUT2D eigenvalue weighted by Crippen LogP contribution is -2.48. The van der Waals surface area contributed by atoms with Crippen LogP contribution in [0.25, 0.3) is 0 Å². The molecule has 0 radical (unpaired) electrons. The maximum absolute atomic E-state index is 13.0. The van der Waals surface area contributed by atoms with E-state index in [2.05, 4.69) is 5.32 Å². The predicted molar refractivity (Wildman–Crippen MR) is 123 cm³/mol. The van der Waals surface area contributed by atoms with Crippen LogP contribution in [0.1, 0.15) is 12.5 Å². The van der Waals surface area contributed by atoms with Crippen LogP contribution in [0, 0.1) is 5.82 Å². The summed E-state index contributed by atoms with van der Waals surface area (Å²) in [5, 5.41) is 2.75. The number of nitrogens with one attached hydrogen (secondary N) is 1. The van der Waals surface area contributed by atoms with Crippen molar-refractivity contribution in [3.05, 3.63) is 90.2 Å². The molecule has 0 heterocycles. The Morgan fingerprint density at radius 1 is 0.969 bits per heavy atom. The normalized spacial score (nSPS) is 12.1. The van der Waals surface area contributed by atoms with Gasteiger partial charge in [-0.25, -0.2) is 12.8 Å². The van der Waals surface area contributed by atoms with Gasteiger partial charge in [-0.2, -0.15) is 0 Å². The molecule has 0 saturated heterocycles. The summed E-state index contributed by atoms with van der Waals surface area (Å²) in [5.41, 5.74) is 1.22. The second-order valence-corrected chi connectivity index (χ2v) is 9.17. The van der Waals surface area contributed by atoms with Gasteiger partial charge in [0.05, 0.1) is 11.9 Å². The van der Waals surface area contributed by atoms with Crippen molar-refractivity contribution in [2.45, 2.75) is 19.4 Å². The molecule has 6 nitrogen and oxygen atoms in total. The summed E-state index contributed by atoms with van der Waals surface area (Å²) in [4.78, 5) is 12.7. The van der Waals surface area contributed by atoms with Gasteiger partial charge < -0.3 is 10.1 Å². The summed E-state index contributed by atoms with van der Waals surface area (Å²) in [6.07, 6.45) is 1.56. The molecular formula is C24H25FN2O4S. The predicted octanol–water partition coefficient (Wildman–Crippen LogP) is 4.13. The number of para-hydroxylation sites is 1. The summed E-state index contributed by atoms with van der Waals surface area (Å²) >= 11 is 0. The van der Waals surface area contributed by atoms with Crippen LogP contribution in [-0.2, 0) is 21.2 Å². The van der Waals surface area contributed by atoms with Crippen LogP contribution in [0.4, 0.5) is 10.1 Å². The van der Waals surface area contributed by atoms with Crippen LogP contribution in [0.2, 0.25) is 0 Å². The van der Waals surface area contributed by atoms with Crippen LogP contribution < -0.4 is 14.4 Å². The van der Waals surface area contributed by atoms with Gasteiger partial charge in [-0.15, -0.1) is 0 Å². The molecule has 1 atom stereocenters. The van der Waals surface area contributed by atoms with Crippen molar-refractivity contribution in [1.29, 1.82) is 0 Å². The molecule has 0 aromatic heterocycles. The van der Waals surface area contributed by atoms with Gasteiger partial charge in [0.2, 0.25) is 15.9 Å². The number of ether oxygens (including phenoxy) is 1. The number of sulfonamides is 1. The number of halogens is 1. The van der Waals surface area contributed by atoms with Crippen molar-refractivity contribution in [2.75, 3.05) is 17.1 Å². The van der Waals surface area contributed by atoms with E-state index in [0.29, 0.717) is 30.2 Å². The third kappa shape index (κ3) is 6.31. The van der Waals surface area contributed by atoms with Crippen molar-refractivity contribution in [3.8, 4) is 11.5 Å². The van der Waals surface area contributed by atoms with Gasteiger partial charge in [0.1, 0.15) is 23.4 Å². The third-order valence-electron chi connectivity index (χ3n) is 4.78. The zero-order valence-corrected chi connectivity index (χ0v) is 18.7. The Hall–Kier alpha value is -3.39. The van der Waals surface area contributed by atoms with E-state index in [-0.39, 0.29) is 5.82 Å². The minimum absolute atomic E-state index is 0.302. The van der Waals surface area contributed by atoms with Crippen molar-refractivity contribution >= 4 is 21.6 Å². The van der Waals surface area contributed by atoms with E-state index in [0.717, 1.165) is 16.1 Å². The molecule has 168 valence electrons. The van der Waals surface area contributed by atoms with Crippen molar-refractivity contribution in [3.63, 3.8) is 0 Å². The summed E-state index contributed by atoms with van der Waals surface area (Å²) in [6.45, 7) is 1.83. The molecule has 0 aliphatic carbocycles. The van der Waals surface area contributed by atoms with Crippen LogP contribution in [0.15, 0.2) is 78.9 Å². The summed E-state index contributed by atoms with van der Waals surface area (Å²) < 4.78 is 44.7. The van der Waals surface area contributed by atoms with Crippen LogP contribution in [0.5, 0.6) is 11.5 Å². The summed E-state index contributed by atoms with van der Waals surface area (Å²) in [6, 6.07) is 20.8. The molecule has 0 unspecified atom stereocenters. The Balaban J connectivity index is 1.67. The van der Waals surface area contributed by atoms with E-state index in [1.54, 1.807) is 36.4 Å². The van der Waals surface area contributed by atoms with Crippen LogP contribution in [0.3, 0.4) is 0 Å². The highest BCUT2D eigenvalue weighted by molar-refractivity contribution is 7.92. The van der Waals surface area contributed by atoms with E-state index in [4.69, 9.17) is 4.74 Å². The van der Waals surface area contributed by atoms with Gasteiger partial charge in [0.15, 0.2) is 0 Å². The largest absolute Gasteiger partial charge is 0.457 e. The van der Waals surface area contributed by atoms with Gasteiger partial charge in [-0.1, -0.05) is 30.3 Å². The monoisotopic (exact) mass is 456 g/mol. The topological polar surface area (TPSA) is 75.7 Å². The molecule has 0 bridgehead atoms. The lowest BCUT2D eigenvalue weighted by Gasteiger charge is -2.28. The fourth-order valence-electron chi connectivity index (χ4n) is 3.22. The van der Waals surface area contributed by atoms with Gasteiger partial charge in [-0.05, 0) is 67.4 Å². The number of amides is 1. The van der Waals surface area contributed by atoms with E-state index < -0.39 is 22.0 Å². The SMILES string of the molecule is C[C@@H](C(=O)NCCc1ccc(F)cc1)N(c1ccc(Oc2ccccc2)cc1)S(C)(=O)=O. The van der Waals surface area contributed by atoms with E-state index in [9.17, 15) is 17.6 Å². The molecule has 0 fully saturated rings. The second-order valence-electron chi connectivity index (χ2n) is 7.31. The average molecular weight is 457 g/mol. The van der Waals surface area contributed by atoms with E-state index >= 15 is 0 Å². The molecule has 3 aromatic rings. The lowest BCUT2D eigenvalue weighted by molar-refractivity contribution is -0.121. The summed E-state index contributed by atoms with van der Waals surface area (Å²) in [5.74, 6) is 0.455. The molecule has 1 N–H and O–H groups in total. The van der Waals surface area contributed by atoms with Gasteiger partial charge >= 0.3 is 0 Å². The highest BCUT2D eigenvalue weighted by Crippen LogP contribution is 2.26. The quantitative estimate of drug-likeness (QED) is 0.525. The lowest BCUT2D eigenvalue weighted by atomic mass is 10.1. The zero-order chi connectivity index (χ0) is 23.1. The molecule has 0 spiro atoms. The molecular weight excluding hydrogens is 431 g/mol. The Morgan fingerprint density at radius 2 is 1.56 bits per heavy atom. The molecule has 3 rings (SSSR count). The number of hydrogen-bond acceptors (Lipinski definition) is 4. The maximum Gasteiger partial charge on any atom is 0.243 e. The zero-order valence-electron chi connectivity index (χ0n) is 17.9. The fraction of sp³-hybridized carbons (Fsp3) is 0.208. The molecule has 0 saturated carbocycles. The van der Waals surface area contributed by atoms with Crippen LogP contribution >= 0.6 is 0 Å². The Bertz CT molecular complexity index is 1130. The minimum Gasteiger partial charge on any atom is -0.457 e. The Labute approximate surface area is 187 Å². The molecule has 0 aliphatic heterocycles. The number of anilines is 1. The van der Waals surface area contributed by atoms with Crippen molar-refractivity contribution in [1.82, 2.24) is 5.32 Å². The molecule has 8 heteroatoms. The maximum atomic E-state index is 13.0. The molecule has 0 aliphatic rings. The first kappa shape index (κ1) is 23.3. The number of hydrogen-bond donors (Lipinski definition) is 1. The number of carbonyl (C=O) groups is 1. The Kier molecular flexibility index (Phi) is 7.48. The number of nitrogens with zero attached hydrogens (tertiary/aromatic N) is 1. The minimum atomic E-state index is -3.73.